The molecule has 30 heavy (non-hydrogen) atoms. The molecule has 0 aromatic carbocycles. The van der Waals surface area contributed by atoms with Gasteiger partial charge in [0.25, 0.3) is 0 Å². The summed E-state index contributed by atoms with van der Waals surface area (Å²) < 4.78 is 24.1. The van der Waals surface area contributed by atoms with Crippen molar-refractivity contribution in [1.82, 2.24) is 5.43 Å². The minimum absolute atomic E-state index is 0.171. The molecule has 1 aliphatic carbocycles. The summed E-state index contributed by atoms with van der Waals surface area (Å²) in [6.45, 7) is 4.60. The maximum Gasteiger partial charge on any atom is 0.300 e. The molecule has 0 spiro atoms. The van der Waals surface area contributed by atoms with Gasteiger partial charge in [-0.05, 0) is 56.6 Å². The molecule has 1 saturated carbocycles. The first kappa shape index (κ1) is 23.2. The molecule has 0 radical (unpaired) electrons. The molecule has 170 valence electrons. The van der Waals surface area contributed by atoms with E-state index in [1.807, 2.05) is 0 Å². The minimum Gasteiger partial charge on any atom is -0.453 e. The van der Waals surface area contributed by atoms with E-state index < -0.39 is 5.91 Å². The number of furan rings is 1. The summed E-state index contributed by atoms with van der Waals surface area (Å²) in [5.41, 5.74) is 2.06. The quantitative estimate of drug-likeness (QED) is 0.290. The lowest BCUT2D eigenvalue weighted by Gasteiger charge is -2.50. The van der Waals surface area contributed by atoms with Gasteiger partial charge in [0.1, 0.15) is 12.4 Å². The summed E-state index contributed by atoms with van der Waals surface area (Å²) in [5, 5.41) is 7.07. The molecule has 1 aromatic rings. The van der Waals surface area contributed by atoms with Gasteiger partial charge in [-0.3, -0.25) is 15.5 Å². The van der Waals surface area contributed by atoms with E-state index in [4.69, 9.17) is 29.7 Å². The van der Waals surface area contributed by atoms with Crippen molar-refractivity contribution < 1.29 is 33.6 Å². The van der Waals surface area contributed by atoms with E-state index in [1.54, 1.807) is 12.1 Å². The molecule has 9 nitrogen and oxygen atoms in total. The van der Waals surface area contributed by atoms with Crippen LogP contribution < -0.4 is 11.3 Å². The molecule has 2 saturated heterocycles. The number of ether oxygens (including phenoxy) is 3. The van der Waals surface area contributed by atoms with Gasteiger partial charge in [0.15, 0.2) is 18.3 Å². The fraction of sp³-hybridized carbons (Fsp3) is 0.762. The molecule has 9 heteroatoms. The van der Waals surface area contributed by atoms with Crippen LogP contribution in [-0.2, 0) is 25.7 Å². The SMILES string of the molecule is COO.C[C@H]1C(OCc2ccc(C(=O)NN)o2)OC2O[C@@H](C)CCC3CCCC1C32. The Labute approximate surface area is 177 Å². The maximum absolute atomic E-state index is 11.5. The zero-order valence-electron chi connectivity index (χ0n) is 17.9. The fourth-order valence-electron chi connectivity index (χ4n) is 5.15. The van der Waals surface area contributed by atoms with Gasteiger partial charge in [-0.2, -0.15) is 0 Å². The van der Waals surface area contributed by atoms with E-state index in [9.17, 15) is 4.79 Å². The number of hydrogen-bond acceptors (Lipinski definition) is 8. The summed E-state index contributed by atoms with van der Waals surface area (Å²) in [6, 6.07) is 3.31. The van der Waals surface area contributed by atoms with Gasteiger partial charge in [-0.1, -0.05) is 13.3 Å². The summed E-state index contributed by atoms with van der Waals surface area (Å²) in [6.07, 6.45) is 5.81. The third-order valence-electron chi connectivity index (χ3n) is 6.56. The van der Waals surface area contributed by atoms with Gasteiger partial charge in [0, 0.05) is 11.8 Å². The number of amides is 1. The first-order chi connectivity index (χ1) is 14.5. The molecule has 4 rings (SSSR count). The van der Waals surface area contributed by atoms with E-state index in [0.29, 0.717) is 29.4 Å². The molecule has 3 fully saturated rings. The lowest BCUT2D eigenvalue weighted by atomic mass is 9.65. The van der Waals surface area contributed by atoms with Crippen LogP contribution in [0.3, 0.4) is 0 Å². The molecule has 0 bridgehead atoms. The highest BCUT2D eigenvalue weighted by molar-refractivity contribution is 5.90. The van der Waals surface area contributed by atoms with Gasteiger partial charge in [0.2, 0.25) is 0 Å². The Hall–Kier alpha value is -1.49. The predicted molar refractivity (Wildman–Crippen MR) is 107 cm³/mol. The Bertz CT molecular complexity index is 682. The topological polar surface area (TPSA) is 125 Å². The first-order valence-corrected chi connectivity index (χ1v) is 10.7. The average Bonchev–Trinajstić information content (AvgIpc) is 3.15. The van der Waals surface area contributed by atoms with Crippen molar-refractivity contribution in [2.75, 3.05) is 7.11 Å². The van der Waals surface area contributed by atoms with E-state index in [2.05, 4.69) is 24.2 Å². The molecular weight excluding hydrogens is 392 g/mol. The second-order valence-corrected chi connectivity index (χ2v) is 8.42. The van der Waals surface area contributed by atoms with Crippen LogP contribution in [-0.4, -0.2) is 37.0 Å². The average molecular weight is 427 g/mol. The molecule has 7 atom stereocenters. The number of rotatable bonds is 4. The normalized spacial score (nSPS) is 35.4. The summed E-state index contributed by atoms with van der Waals surface area (Å²) in [7, 11) is 1.18. The zero-order chi connectivity index (χ0) is 21.7. The van der Waals surface area contributed by atoms with Crippen LogP contribution in [0.2, 0.25) is 0 Å². The lowest BCUT2D eigenvalue weighted by molar-refractivity contribution is -0.334. The predicted octanol–water partition coefficient (Wildman–Crippen LogP) is 3.06. The van der Waals surface area contributed by atoms with Crippen LogP contribution >= 0.6 is 0 Å². The molecule has 1 amide bonds. The van der Waals surface area contributed by atoms with Crippen LogP contribution in [0.25, 0.3) is 0 Å². The van der Waals surface area contributed by atoms with Crippen molar-refractivity contribution in [3.63, 3.8) is 0 Å². The molecular formula is C21H34N2O7. The Morgan fingerprint density at radius 2 is 2.00 bits per heavy atom. The van der Waals surface area contributed by atoms with Gasteiger partial charge < -0.3 is 18.6 Å². The largest absolute Gasteiger partial charge is 0.453 e. The second kappa shape index (κ2) is 10.7. The molecule has 4 N–H and O–H groups in total. The number of carbonyl (C=O) groups excluding carboxylic acids is 1. The summed E-state index contributed by atoms with van der Waals surface area (Å²) in [5.74, 6) is 7.45. The number of hydrogen-bond donors (Lipinski definition) is 3. The number of nitrogens with one attached hydrogen (secondary N) is 1. The monoisotopic (exact) mass is 426 g/mol. The highest BCUT2D eigenvalue weighted by Gasteiger charge is 2.50. The molecule has 5 unspecified atom stereocenters. The second-order valence-electron chi connectivity index (χ2n) is 8.42. The van der Waals surface area contributed by atoms with Crippen molar-refractivity contribution in [2.24, 2.45) is 29.5 Å². The van der Waals surface area contributed by atoms with E-state index in [0.717, 1.165) is 6.42 Å². The van der Waals surface area contributed by atoms with Crippen molar-refractivity contribution in [3.05, 3.63) is 23.7 Å². The smallest absolute Gasteiger partial charge is 0.300 e. The van der Waals surface area contributed by atoms with Crippen molar-refractivity contribution in [2.45, 2.75) is 71.2 Å². The Morgan fingerprint density at radius 3 is 2.73 bits per heavy atom. The van der Waals surface area contributed by atoms with Gasteiger partial charge in [0.05, 0.1) is 13.2 Å². The van der Waals surface area contributed by atoms with E-state index in [1.165, 1.54) is 32.8 Å². The minimum atomic E-state index is -0.458. The van der Waals surface area contributed by atoms with E-state index >= 15 is 0 Å². The van der Waals surface area contributed by atoms with Crippen LogP contribution in [0, 0.1) is 23.7 Å². The lowest BCUT2D eigenvalue weighted by Crippen LogP contribution is -2.52. The third kappa shape index (κ3) is 5.22. The van der Waals surface area contributed by atoms with E-state index in [-0.39, 0.29) is 31.1 Å². The fourth-order valence-corrected chi connectivity index (χ4v) is 5.15. The van der Waals surface area contributed by atoms with Crippen molar-refractivity contribution >= 4 is 5.91 Å². The maximum atomic E-state index is 11.5. The van der Waals surface area contributed by atoms with Crippen molar-refractivity contribution in [3.8, 4) is 0 Å². The molecule has 1 aromatic heterocycles. The highest BCUT2D eigenvalue weighted by Crippen LogP contribution is 2.50. The Balaban J connectivity index is 0.000000806. The van der Waals surface area contributed by atoms with Crippen LogP contribution in [0.15, 0.2) is 16.5 Å². The number of hydrazine groups is 1. The first-order valence-electron chi connectivity index (χ1n) is 10.7. The molecule has 2 aliphatic heterocycles. The Kier molecular flexibility index (Phi) is 8.27. The van der Waals surface area contributed by atoms with Crippen molar-refractivity contribution in [1.29, 1.82) is 0 Å². The third-order valence-corrected chi connectivity index (χ3v) is 6.56. The van der Waals surface area contributed by atoms with Crippen LogP contribution in [0.5, 0.6) is 0 Å². The number of carbonyl (C=O) groups is 1. The zero-order valence-corrected chi connectivity index (χ0v) is 17.9. The van der Waals surface area contributed by atoms with Crippen LogP contribution in [0.4, 0.5) is 0 Å². The van der Waals surface area contributed by atoms with Gasteiger partial charge in [-0.25, -0.2) is 10.7 Å². The van der Waals surface area contributed by atoms with Gasteiger partial charge in [-0.15, -0.1) is 0 Å². The molecule has 3 aliphatic rings. The standard InChI is InChI=1S/C20H30N2O5.CH4O2/c1-11-6-7-13-4-3-5-15-12(2)19(27-20(25-11)17(13)15)24-10-14-8-9-16(26-14)18(23)22-21;1-3-2/h8-9,11-13,15,17,19-20H,3-7,10,21H2,1-2H3,(H,22,23);2H,1H3/t11-,12+,13?,15?,17?,19?,20?;/m0./s1. The number of nitrogens with two attached hydrogens (primary N) is 1. The van der Waals surface area contributed by atoms with Crippen LogP contribution in [0.1, 0.15) is 62.3 Å². The Morgan fingerprint density at radius 1 is 1.23 bits per heavy atom. The summed E-state index contributed by atoms with van der Waals surface area (Å²) in [4.78, 5) is 14.8. The highest BCUT2D eigenvalue weighted by atomic mass is 17.1. The molecule has 3 heterocycles. The van der Waals surface area contributed by atoms with Gasteiger partial charge >= 0.3 is 5.91 Å². The summed E-state index contributed by atoms with van der Waals surface area (Å²) >= 11 is 0. The number of nitrogen functional groups attached to an aromatic ring is 1.